The molecule has 0 aliphatic carbocycles. The molecule has 0 bridgehead atoms. The summed E-state index contributed by atoms with van der Waals surface area (Å²) in [4.78, 5) is 10.6. The SMILES string of the molecule is COc1ccc(NS(=O)(=O)c2ccc(N/N=C3\CCSC3)c([N+](=O)[O-])c2)cc1. The predicted octanol–water partition coefficient (Wildman–Crippen LogP) is 3.31. The molecule has 2 aromatic carbocycles. The van der Waals surface area contributed by atoms with Crippen molar-refractivity contribution in [1.82, 2.24) is 0 Å². The van der Waals surface area contributed by atoms with Crippen molar-refractivity contribution >= 4 is 44.6 Å². The summed E-state index contributed by atoms with van der Waals surface area (Å²) in [7, 11) is -2.49. The molecular weight excluding hydrogens is 404 g/mol. The molecule has 11 heteroatoms. The summed E-state index contributed by atoms with van der Waals surface area (Å²) in [5.41, 5.74) is 3.68. The lowest BCUT2D eigenvalue weighted by molar-refractivity contribution is -0.384. The lowest BCUT2D eigenvalue weighted by Crippen LogP contribution is -2.13. The molecule has 3 rings (SSSR count). The van der Waals surface area contributed by atoms with Gasteiger partial charge in [0, 0.05) is 23.2 Å². The summed E-state index contributed by atoms with van der Waals surface area (Å²) >= 11 is 1.74. The highest BCUT2D eigenvalue weighted by molar-refractivity contribution is 8.00. The second-order valence-electron chi connectivity index (χ2n) is 5.86. The molecule has 28 heavy (non-hydrogen) atoms. The first-order valence-electron chi connectivity index (χ1n) is 8.23. The van der Waals surface area contributed by atoms with Gasteiger partial charge in [-0.05, 0) is 48.6 Å². The van der Waals surface area contributed by atoms with Gasteiger partial charge in [-0.15, -0.1) is 0 Å². The van der Waals surface area contributed by atoms with Crippen LogP contribution in [0.2, 0.25) is 0 Å². The zero-order valence-electron chi connectivity index (χ0n) is 14.9. The van der Waals surface area contributed by atoms with Crippen LogP contribution >= 0.6 is 11.8 Å². The first kappa shape index (κ1) is 20.0. The fourth-order valence-corrected chi connectivity index (χ4v) is 4.52. The maximum absolute atomic E-state index is 12.6. The van der Waals surface area contributed by atoms with Crippen LogP contribution in [0.5, 0.6) is 5.75 Å². The number of nitro groups is 1. The van der Waals surface area contributed by atoms with Gasteiger partial charge in [0.05, 0.1) is 16.9 Å². The van der Waals surface area contributed by atoms with E-state index in [0.29, 0.717) is 11.4 Å². The van der Waals surface area contributed by atoms with Crippen LogP contribution in [-0.4, -0.2) is 37.7 Å². The first-order chi connectivity index (χ1) is 13.4. The van der Waals surface area contributed by atoms with Crippen molar-refractivity contribution < 1.29 is 18.1 Å². The van der Waals surface area contributed by atoms with Crippen molar-refractivity contribution in [2.24, 2.45) is 5.10 Å². The van der Waals surface area contributed by atoms with E-state index in [1.165, 1.54) is 31.4 Å². The van der Waals surface area contributed by atoms with Crippen LogP contribution in [0.1, 0.15) is 6.42 Å². The number of hydrogen-bond donors (Lipinski definition) is 2. The van der Waals surface area contributed by atoms with Crippen LogP contribution in [-0.2, 0) is 10.0 Å². The van der Waals surface area contributed by atoms with Crippen molar-refractivity contribution in [2.45, 2.75) is 11.3 Å². The van der Waals surface area contributed by atoms with Gasteiger partial charge in [0.2, 0.25) is 0 Å². The molecule has 1 fully saturated rings. The van der Waals surface area contributed by atoms with Crippen LogP contribution in [0.25, 0.3) is 0 Å². The lowest BCUT2D eigenvalue weighted by Gasteiger charge is -2.10. The monoisotopic (exact) mass is 422 g/mol. The third kappa shape index (κ3) is 4.73. The minimum absolute atomic E-state index is 0.137. The van der Waals surface area contributed by atoms with Gasteiger partial charge in [-0.2, -0.15) is 16.9 Å². The average molecular weight is 422 g/mol. The standard InChI is InChI=1S/C17H18N4O5S2/c1-26-14-4-2-12(3-5-14)20-28(24,25)15-6-7-16(17(10-15)21(22)23)19-18-13-8-9-27-11-13/h2-7,10,19-20H,8-9,11H2,1H3/b18-13+. The van der Waals surface area contributed by atoms with E-state index in [-0.39, 0.29) is 16.3 Å². The summed E-state index contributed by atoms with van der Waals surface area (Å²) in [6.07, 6.45) is 0.823. The number of ether oxygens (including phenoxy) is 1. The summed E-state index contributed by atoms with van der Waals surface area (Å²) in [5, 5.41) is 15.6. The van der Waals surface area contributed by atoms with E-state index in [2.05, 4.69) is 15.2 Å². The van der Waals surface area contributed by atoms with Crippen LogP contribution in [0, 0.1) is 10.1 Å². The Labute approximate surface area is 166 Å². The van der Waals surface area contributed by atoms with Gasteiger partial charge in [0.25, 0.3) is 15.7 Å². The molecule has 1 heterocycles. The second-order valence-corrected chi connectivity index (χ2v) is 8.65. The molecule has 0 saturated carbocycles. The molecule has 9 nitrogen and oxygen atoms in total. The van der Waals surface area contributed by atoms with Crippen LogP contribution in [0.4, 0.5) is 17.1 Å². The number of nitro benzene ring substituents is 1. The fraction of sp³-hybridized carbons (Fsp3) is 0.235. The summed E-state index contributed by atoms with van der Waals surface area (Å²) < 4.78 is 32.6. The van der Waals surface area contributed by atoms with E-state index in [9.17, 15) is 18.5 Å². The highest BCUT2D eigenvalue weighted by Gasteiger charge is 2.22. The van der Waals surface area contributed by atoms with E-state index in [0.717, 1.165) is 29.7 Å². The van der Waals surface area contributed by atoms with Crippen LogP contribution in [0.3, 0.4) is 0 Å². The van der Waals surface area contributed by atoms with Crippen molar-refractivity contribution in [3.63, 3.8) is 0 Å². The molecule has 1 saturated heterocycles. The van der Waals surface area contributed by atoms with Crippen molar-refractivity contribution in [3.8, 4) is 5.75 Å². The molecule has 0 spiro atoms. The molecule has 0 unspecified atom stereocenters. The number of methoxy groups -OCH3 is 1. The van der Waals surface area contributed by atoms with Crippen LogP contribution < -0.4 is 14.9 Å². The Morgan fingerprint density at radius 1 is 1.21 bits per heavy atom. The minimum atomic E-state index is -4.00. The number of thioether (sulfide) groups is 1. The average Bonchev–Trinajstić information content (AvgIpc) is 3.20. The third-order valence-electron chi connectivity index (χ3n) is 3.96. The molecule has 2 N–H and O–H groups in total. The summed E-state index contributed by atoms with van der Waals surface area (Å²) in [5.74, 6) is 2.33. The predicted molar refractivity (Wildman–Crippen MR) is 110 cm³/mol. The van der Waals surface area contributed by atoms with Crippen molar-refractivity contribution in [3.05, 3.63) is 52.6 Å². The van der Waals surface area contributed by atoms with E-state index in [4.69, 9.17) is 4.74 Å². The Bertz CT molecular complexity index is 999. The number of sulfonamides is 1. The van der Waals surface area contributed by atoms with Gasteiger partial charge >= 0.3 is 0 Å². The molecule has 0 radical (unpaired) electrons. The lowest BCUT2D eigenvalue weighted by atomic mass is 10.3. The van der Waals surface area contributed by atoms with Crippen molar-refractivity contribution in [1.29, 1.82) is 0 Å². The second kappa shape index (κ2) is 8.48. The van der Waals surface area contributed by atoms with Gasteiger partial charge < -0.3 is 4.74 Å². The number of hydrazone groups is 1. The normalized spacial score (nSPS) is 15.4. The van der Waals surface area contributed by atoms with E-state index in [1.807, 2.05) is 0 Å². The quantitative estimate of drug-likeness (QED) is 0.518. The topological polar surface area (TPSA) is 123 Å². The molecule has 1 aliphatic rings. The van der Waals surface area contributed by atoms with Crippen molar-refractivity contribution in [2.75, 3.05) is 28.8 Å². The van der Waals surface area contributed by atoms with E-state index < -0.39 is 14.9 Å². The maximum Gasteiger partial charge on any atom is 0.295 e. The number of hydrogen-bond acceptors (Lipinski definition) is 8. The Balaban J connectivity index is 1.84. The molecule has 0 aromatic heterocycles. The van der Waals surface area contributed by atoms with E-state index in [1.54, 1.807) is 23.9 Å². The number of benzene rings is 2. The Hall–Kier alpha value is -2.79. The van der Waals surface area contributed by atoms with Gasteiger partial charge in [-0.1, -0.05) is 0 Å². The first-order valence-corrected chi connectivity index (χ1v) is 10.9. The Kier molecular flexibility index (Phi) is 6.05. The number of nitrogens with zero attached hydrogens (tertiary/aromatic N) is 2. The minimum Gasteiger partial charge on any atom is -0.497 e. The number of rotatable bonds is 7. The Morgan fingerprint density at radius 2 is 1.96 bits per heavy atom. The molecule has 0 amide bonds. The highest BCUT2D eigenvalue weighted by Crippen LogP contribution is 2.29. The molecule has 2 aromatic rings. The smallest absolute Gasteiger partial charge is 0.295 e. The van der Waals surface area contributed by atoms with Gasteiger partial charge in [-0.25, -0.2) is 8.42 Å². The van der Waals surface area contributed by atoms with Gasteiger partial charge in [0.15, 0.2) is 0 Å². The number of anilines is 2. The largest absolute Gasteiger partial charge is 0.497 e. The maximum atomic E-state index is 12.6. The highest BCUT2D eigenvalue weighted by atomic mass is 32.2. The molecule has 1 aliphatic heterocycles. The molecular formula is C17H18N4O5S2. The van der Waals surface area contributed by atoms with Crippen LogP contribution in [0.15, 0.2) is 52.5 Å². The van der Waals surface area contributed by atoms with Gasteiger partial charge in [0.1, 0.15) is 11.4 Å². The Morgan fingerprint density at radius 3 is 2.57 bits per heavy atom. The number of nitrogens with one attached hydrogen (secondary N) is 2. The molecule has 148 valence electrons. The third-order valence-corrected chi connectivity index (χ3v) is 6.37. The van der Waals surface area contributed by atoms with E-state index >= 15 is 0 Å². The summed E-state index contributed by atoms with van der Waals surface area (Å²) in [6, 6.07) is 9.93. The van der Waals surface area contributed by atoms with Gasteiger partial charge in [-0.3, -0.25) is 20.3 Å². The zero-order chi connectivity index (χ0) is 20.1. The summed E-state index contributed by atoms with van der Waals surface area (Å²) in [6.45, 7) is 0. The fourth-order valence-electron chi connectivity index (χ4n) is 2.48. The molecule has 0 atom stereocenters. The zero-order valence-corrected chi connectivity index (χ0v) is 16.5.